The van der Waals surface area contributed by atoms with Crippen LogP contribution in [0.1, 0.15) is 31.2 Å². The van der Waals surface area contributed by atoms with E-state index in [0.717, 1.165) is 6.42 Å². The van der Waals surface area contributed by atoms with Gasteiger partial charge in [0.2, 0.25) is 5.91 Å². The lowest BCUT2D eigenvalue weighted by atomic mass is 10.1. The lowest BCUT2D eigenvalue weighted by Crippen LogP contribution is -2.43. The van der Waals surface area contributed by atoms with E-state index < -0.39 is 19.0 Å². The summed E-state index contributed by atoms with van der Waals surface area (Å²) in [5.41, 5.74) is 0. The van der Waals surface area contributed by atoms with Crippen molar-refractivity contribution in [1.29, 1.82) is 0 Å². The third-order valence-corrected chi connectivity index (χ3v) is 2.59. The molecular formula is C9H15N3O2. The molecule has 2 aliphatic heterocycles. The Hall–Kier alpha value is -1.13. The van der Waals surface area contributed by atoms with E-state index in [1.807, 2.05) is 0 Å². The van der Waals surface area contributed by atoms with Gasteiger partial charge in [0, 0.05) is 32.0 Å². The first kappa shape index (κ1) is 5.68. The number of carbonyl (C=O) groups is 1. The van der Waals surface area contributed by atoms with Gasteiger partial charge in [0.05, 0.1) is 10.8 Å². The van der Waals surface area contributed by atoms with Gasteiger partial charge < -0.3 is 4.90 Å². The molecule has 0 unspecified atom stereocenters. The highest BCUT2D eigenvalue weighted by Crippen LogP contribution is 2.21. The van der Waals surface area contributed by atoms with E-state index in [-0.39, 0.29) is 18.7 Å². The van der Waals surface area contributed by atoms with E-state index >= 15 is 0 Å². The molecule has 0 aromatic heterocycles. The quantitative estimate of drug-likeness (QED) is 0.620. The van der Waals surface area contributed by atoms with Crippen molar-refractivity contribution < 1.29 is 10.3 Å². The van der Waals surface area contributed by atoms with E-state index in [1.54, 1.807) is 0 Å². The largest absolute Gasteiger partial charge is 0.340 e. The maximum absolute atomic E-state index is 11.6. The van der Waals surface area contributed by atoms with E-state index in [4.69, 9.17) is 5.48 Å². The van der Waals surface area contributed by atoms with Gasteiger partial charge in [-0.3, -0.25) is 9.80 Å². The molecule has 0 atom stereocenters. The molecule has 2 heterocycles. The molecule has 78 valence electrons. The van der Waals surface area contributed by atoms with Gasteiger partial charge in [0.25, 0.3) is 0 Å². The number of hydrogen-bond acceptors (Lipinski definition) is 3. The molecule has 2 aliphatic rings. The van der Waals surface area contributed by atoms with Crippen LogP contribution in [0.3, 0.4) is 0 Å². The van der Waals surface area contributed by atoms with Crippen molar-refractivity contribution in [3.05, 3.63) is 4.91 Å². The number of likely N-dealkylation sites (tertiary alicyclic amines) is 1. The van der Waals surface area contributed by atoms with Gasteiger partial charge in [0.1, 0.15) is 0 Å². The van der Waals surface area contributed by atoms with Gasteiger partial charge in [-0.1, -0.05) is 0 Å². The Morgan fingerprint density at radius 2 is 2.14 bits per heavy atom. The van der Waals surface area contributed by atoms with Gasteiger partial charge in [0.15, 0.2) is 0 Å². The van der Waals surface area contributed by atoms with Crippen LogP contribution < -0.4 is 0 Å². The SMILES string of the molecule is [2H]C1([2H])CC(N2CCCC2=O)CC([2H])([2H])N1N=O. The Morgan fingerprint density at radius 3 is 2.64 bits per heavy atom. The van der Waals surface area contributed by atoms with Crippen LogP contribution in [0.4, 0.5) is 0 Å². The second kappa shape index (κ2) is 3.94. The number of carbonyl (C=O) groups excluding carboxylic acids is 1. The Bertz CT molecular complexity index is 359. The second-order valence-electron chi connectivity index (χ2n) is 3.46. The third-order valence-electron chi connectivity index (χ3n) is 2.59. The van der Waals surface area contributed by atoms with Gasteiger partial charge in [-0.25, -0.2) is 0 Å². The van der Waals surface area contributed by atoms with Crippen molar-refractivity contribution in [1.82, 2.24) is 9.91 Å². The Morgan fingerprint density at radius 1 is 1.43 bits per heavy atom. The summed E-state index contributed by atoms with van der Waals surface area (Å²) in [6, 6.07) is -0.511. The van der Waals surface area contributed by atoms with Gasteiger partial charge in [-0.05, 0) is 19.3 Å². The maximum Gasteiger partial charge on any atom is 0.222 e. The number of nitroso groups, excluding NO2 is 1. The summed E-state index contributed by atoms with van der Waals surface area (Å²) in [7, 11) is 0. The molecular weight excluding hydrogens is 182 g/mol. The first-order valence-electron chi connectivity index (χ1n) is 6.71. The zero-order valence-corrected chi connectivity index (χ0v) is 7.77. The van der Waals surface area contributed by atoms with Gasteiger partial charge >= 0.3 is 0 Å². The number of nitrogens with zero attached hydrogens (tertiary/aromatic N) is 3. The summed E-state index contributed by atoms with van der Waals surface area (Å²) in [5, 5.41) is 2.79. The fraction of sp³-hybridized carbons (Fsp3) is 0.889. The monoisotopic (exact) mass is 201 g/mol. The summed E-state index contributed by atoms with van der Waals surface area (Å²) >= 11 is 0. The predicted octanol–water partition coefficient (Wildman–Crippen LogP) is 0.755. The number of hydrogen-bond donors (Lipinski definition) is 0. The molecule has 1 amide bonds. The van der Waals surface area contributed by atoms with Crippen LogP contribution in [-0.4, -0.2) is 41.4 Å². The van der Waals surface area contributed by atoms with Crippen molar-refractivity contribution in [2.75, 3.05) is 19.5 Å². The molecule has 2 rings (SSSR count). The summed E-state index contributed by atoms with van der Waals surface area (Å²) in [6.07, 6.45) is 0.961. The minimum Gasteiger partial charge on any atom is -0.340 e. The summed E-state index contributed by atoms with van der Waals surface area (Å²) < 4.78 is 30.9. The molecule has 0 spiro atoms. The fourth-order valence-electron chi connectivity index (χ4n) is 1.85. The van der Waals surface area contributed by atoms with Crippen LogP contribution in [0.2, 0.25) is 0 Å². The number of amides is 1. The first-order valence-corrected chi connectivity index (χ1v) is 4.71. The van der Waals surface area contributed by atoms with Crippen molar-refractivity contribution >= 4 is 5.91 Å². The highest BCUT2D eigenvalue weighted by atomic mass is 16.3. The van der Waals surface area contributed by atoms with E-state index in [1.165, 1.54) is 4.90 Å². The molecule has 0 aromatic carbocycles. The number of rotatable bonds is 2. The van der Waals surface area contributed by atoms with Crippen LogP contribution in [-0.2, 0) is 4.79 Å². The number of piperidine rings is 1. The maximum atomic E-state index is 11.6. The Balaban J connectivity index is 2.22. The van der Waals surface area contributed by atoms with Crippen molar-refractivity contribution in [2.24, 2.45) is 5.29 Å². The molecule has 14 heavy (non-hydrogen) atoms. The van der Waals surface area contributed by atoms with Crippen LogP contribution in [0.15, 0.2) is 5.29 Å². The average Bonchev–Trinajstić information content (AvgIpc) is 2.61. The van der Waals surface area contributed by atoms with E-state index in [2.05, 4.69) is 5.29 Å². The molecule has 2 fully saturated rings. The van der Waals surface area contributed by atoms with Crippen LogP contribution >= 0.6 is 0 Å². The highest BCUT2D eigenvalue weighted by molar-refractivity contribution is 5.78. The fourth-order valence-corrected chi connectivity index (χ4v) is 1.85. The molecule has 0 aromatic rings. The van der Waals surface area contributed by atoms with Gasteiger partial charge in [-0.15, -0.1) is 4.91 Å². The molecule has 0 aliphatic carbocycles. The Labute approximate surface area is 88.6 Å². The zero-order valence-electron chi connectivity index (χ0n) is 11.8. The normalized spacial score (nSPS) is 35.9. The summed E-state index contributed by atoms with van der Waals surface area (Å²) in [5.74, 6) is -0.0703. The van der Waals surface area contributed by atoms with Crippen molar-refractivity contribution in [2.45, 2.75) is 31.7 Å². The zero-order chi connectivity index (χ0) is 13.6. The summed E-state index contributed by atoms with van der Waals surface area (Å²) in [4.78, 5) is 23.8. The van der Waals surface area contributed by atoms with Gasteiger partial charge in [-0.2, -0.15) is 0 Å². The molecule has 5 heteroatoms. The van der Waals surface area contributed by atoms with Crippen LogP contribution in [0, 0.1) is 4.91 Å². The standard InChI is InChI=1S/C9H15N3O2/c13-9-2-1-5-12(9)8-3-6-11(10-14)7-4-8/h8H,1-7H2/i6D2,7D2. The lowest BCUT2D eigenvalue weighted by molar-refractivity contribution is -0.130. The lowest BCUT2D eigenvalue weighted by Gasteiger charge is -2.33. The highest BCUT2D eigenvalue weighted by Gasteiger charge is 2.30. The minimum absolute atomic E-state index is 0.0703. The smallest absolute Gasteiger partial charge is 0.222 e. The molecule has 0 N–H and O–H groups in total. The predicted molar refractivity (Wildman–Crippen MR) is 51.3 cm³/mol. The minimum atomic E-state index is -2.17. The van der Waals surface area contributed by atoms with Crippen molar-refractivity contribution in [3.8, 4) is 0 Å². The summed E-state index contributed by atoms with van der Waals surface area (Å²) in [6.45, 7) is -3.81. The Kier molecular flexibility index (Phi) is 1.60. The molecule has 2 saturated heterocycles. The molecule has 5 nitrogen and oxygen atoms in total. The van der Waals surface area contributed by atoms with Crippen molar-refractivity contribution in [3.63, 3.8) is 0 Å². The molecule has 0 radical (unpaired) electrons. The molecule has 0 saturated carbocycles. The third kappa shape index (κ3) is 1.71. The van der Waals surface area contributed by atoms with E-state index in [0.29, 0.717) is 18.0 Å². The van der Waals surface area contributed by atoms with Crippen LogP contribution in [0.25, 0.3) is 0 Å². The van der Waals surface area contributed by atoms with Crippen LogP contribution in [0.5, 0.6) is 0 Å². The molecule has 0 bridgehead atoms. The topological polar surface area (TPSA) is 53.0 Å². The van der Waals surface area contributed by atoms with E-state index in [9.17, 15) is 9.70 Å². The average molecular weight is 201 g/mol. The first-order chi connectivity index (χ1) is 8.28. The second-order valence-corrected chi connectivity index (χ2v) is 3.46.